The Labute approximate surface area is 371 Å². The second kappa shape index (κ2) is 20.1. The SMILES string of the molecule is Cc1ccc(S(=O)(=O)NC(Cc2ccccc2)C(=O)NCc2ccccc2-c2ccc(C3OC(CN4CCCC4C(=O)OC(C)(C)C)C(C)C(c4ccc(CO)cc4)O3)cc2)cc1. The number of nitrogens with one attached hydrogen (secondary N) is 2. The molecule has 2 heterocycles. The summed E-state index contributed by atoms with van der Waals surface area (Å²) in [6.07, 6.45) is 0.499. The summed E-state index contributed by atoms with van der Waals surface area (Å²) in [5, 5.41) is 12.7. The Kier molecular flexibility index (Phi) is 14.6. The summed E-state index contributed by atoms with van der Waals surface area (Å²) >= 11 is 0. The van der Waals surface area contributed by atoms with Crippen LogP contribution in [0.3, 0.4) is 0 Å². The van der Waals surface area contributed by atoms with Crippen LogP contribution in [0.2, 0.25) is 0 Å². The minimum absolute atomic E-state index is 0.0522. The molecule has 11 nitrogen and oxygen atoms in total. The molecule has 6 unspecified atom stereocenters. The lowest BCUT2D eigenvalue weighted by atomic mass is 9.89. The number of benzene rings is 5. The van der Waals surface area contributed by atoms with E-state index in [-0.39, 0.29) is 54.6 Å². The third-order valence-corrected chi connectivity index (χ3v) is 13.3. The number of ether oxygens (including phenoxy) is 3. The molecule has 63 heavy (non-hydrogen) atoms. The van der Waals surface area contributed by atoms with Crippen molar-refractivity contribution in [3.8, 4) is 11.1 Å². The van der Waals surface area contributed by atoms with Crippen LogP contribution in [-0.4, -0.2) is 67.2 Å². The molecule has 0 spiro atoms. The van der Waals surface area contributed by atoms with Crippen LogP contribution in [0.25, 0.3) is 11.1 Å². The van der Waals surface area contributed by atoms with Crippen molar-refractivity contribution in [3.05, 3.63) is 161 Å². The molecule has 12 heteroatoms. The number of aryl methyl sites for hydroxylation is 1. The Bertz CT molecular complexity index is 2420. The zero-order valence-electron chi connectivity index (χ0n) is 36.7. The molecule has 1 amide bonds. The number of sulfonamides is 1. The number of likely N-dealkylation sites (tertiary alicyclic amines) is 1. The fourth-order valence-electron chi connectivity index (χ4n) is 8.33. The van der Waals surface area contributed by atoms with Gasteiger partial charge in [-0.2, -0.15) is 4.72 Å². The highest BCUT2D eigenvalue weighted by Gasteiger charge is 2.42. The van der Waals surface area contributed by atoms with E-state index in [4.69, 9.17) is 14.2 Å². The molecular weight excluding hydrogens is 815 g/mol. The monoisotopic (exact) mass is 873 g/mol. The fourth-order valence-corrected chi connectivity index (χ4v) is 9.53. The molecular formula is C51H59N3O8S. The molecule has 0 radical (unpaired) electrons. The van der Waals surface area contributed by atoms with Crippen LogP contribution in [0.4, 0.5) is 0 Å². The summed E-state index contributed by atoms with van der Waals surface area (Å²) < 4.78 is 49.0. The van der Waals surface area contributed by atoms with Crippen molar-refractivity contribution < 1.29 is 37.3 Å². The van der Waals surface area contributed by atoms with E-state index in [9.17, 15) is 23.1 Å². The molecule has 2 fully saturated rings. The number of nitrogens with zero attached hydrogens (tertiary/aromatic N) is 1. The second-order valence-electron chi connectivity index (χ2n) is 17.7. The van der Waals surface area contributed by atoms with Gasteiger partial charge in [0.05, 0.1) is 23.7 Å². The minimum Gasteiger partial charge on any atom is -0.459 e. The van der Waals surface area contributed by atoms with Gasteiger partial charge in [-0.25, -0.2) is 8.42 Å². The van der Waals surface area contributed by atoms with E-state index in [1.165, 1.54) is 12.1 Å². The number of aliphatic hydroxyl groups excluding tert-OH is 1. The Morgan fingerprint density at radius 3 is 2.19 bits per heavy atom. The largest absolute Gasteiger partial charge is 0.459 e. The van der Waals surface area contributed by atoms with Gasteiger partial charge < -0.3 is 24.6 Å². The zero-order chi connectivity index (χ0) is 44.7. The summed E-state index contributed by atoms with van der Waals surface area (Å²) in [5.41, 5.74) is 6.47. The minimum atomic E-state index is -4.00. The predicted octanol–water partition coefficient (Wildman–Crippen LogP) is 7.96. The van der Waals surface area contributed by atoms with Gasteiger partial charge in [0.25, 0.3) is 0 Å². The van der Waals surface area contributed by atoms with Crippen molar-refractivity contribution in [2.75, 3.05) is 13.1 Å². The van der Waals surface area contributed by atoms with Crippen molar-refractivity contribution in [1.29, 1.82) is 0 Å². The lowest BCUT2D eigenvalue weighted by molar-refractivity contribution is -0.276. The number of rotatable bonds is 15. The highest BCUT2D eigenvalue weighted by Crippen LogP contribution is 2.43. The highest BCUT2D eigenvalue weighted by atomic mass is 32.2. The number of carbonyl (C=O) groups excluding carboxylic acids is 2. The summed E-state index contributed by atoms with van der Waals surface area (Å²) in [5.74, 6) is -0.716. The molecule has 3 N–H and O–H groups in total. The first-order valence-corrected chi connectivity index (χ1v) is 23.2. The summed E-state index contributed by atoms with van der Waals surface area (Å²) in [4.78, 5) is 29.4. The normalized spacial score (nSPS) is 21.1. The first-order valence-electron chi connectivity index (χ1n) is 21.7. The molecule has 2 aliphatic rings. The number of aliphatic hydroxyl groups is 1. The third-order valence-electron chi connectivity index (χ3n) is 11.8. The van der Waals surface area contributed by atoms with Gasteiger partial charge in [0.1, 0.15) is 17.7 Å². The van der Waals surface area contributed by atoms with Crippen LogP contribution in [0.5, 0.6) is 0 Å². The van der Waals surface area contributed by atoms with Crippen LogP contribution in [0.1, 0.15) is 86.3 Å². The second-order valence-corrected chi connectivity index (χ2v) is 19.4. The summed E-state index contributed by atoms with van der Waals surface area (Å²) in [6.45, 7) is 11.1. The van der Waals surface area contributed by atoms with Crippen LogP contribution in [-0.2, 0) is 53.4 Å². The summed E-state index contributed by atoms with van der Waals surface area (Å²) in [6, 6.07) is 38.1. The van der Waals surface area contributed by atoms with Gasteiger partial charge in [0.15, 0.2) is 6.29 Å². The van der Waals surface area contributed by atoms with Gasteiger partial charge in [-0.1, -0.05) is 128 Å². The molecule has 332 valence electrons. The average Bonchev–Trinajstić information content (AvgIpc) is 3.74. The Morgan fingerprint density at radius 1 is 0.841 bits per heavy atom. The smallest absolute Gasteiger partial charge is 0.323 e. The van der Waals surface area contributed by atoms with Crippen LogP contribution < -0.4 is 10.0 Å². The number of hydrogen-bond donors (Lipinski definition) is 3. The first-order chi connectivity index (χ1) is 30.2. The quantitative estimate of drug-likeness (QED) is 0.0894. The molecule has 0 aromatic heterocycles. The third kappa shape index (κ3) is 11.7. The standard InChI is InChI=1S/C51H59N3O8S/c1-34-17-27-42(28-18-34)63(58,59)53-44(30-36-12-7-6-8-13-36)48(56)52-31-41-14-9-10-15-43(41)38-23-25-40(26-24-38)50-60-46(32-54-29-11-16-45(54)49(57)62-51(3,4)5)35(2)47(61-50)39-21-19-37(33-55)20-22-39/h6-10,12-15,17-28,35,44-47,50,53,55H,11,16,29-33H2,1-5H3,(H,52,56). The van der Waals surface area contributed by atoms with Gasteiger partial charge in [-0.15, -0.1) is 0 Å². The molecule has 2 aliphatic heterocycles. The van der Waals surface area contributed by atoms with Gasteiger partial charge >= 0.3 is 5.97 Å². The highest BCUT2D eigenvalue weighted by molar-refractivity contribution is 7.89. The maximum atomic E-state index is 13.9. The van der Waals surface area contributed by atoms with Crippen molar-refractivity contribution in [2.24, 2.45) is 5.92 Å². The molecule has 2 saturated heterocycles. The fraction of sp³-hybridized carbons (Fsp3) is 0.373. The van der Waals surface area contributed by atoms with E-state index in [0.717, 1.165) is 63.9 Å². The lowest BCUT2D eigenvalue weighted by Gasteiger charge is -2.43. The Hall–Kier alpha value is -5.21. The molecule has 5 aromatic carbocycles. The van der Waals surface area contributed by atoms with Gasteiger partial charge in [0.2, 0.25) is 15.9 Å². The van der Waals surface area contributed by atoms with Crippen LogP contribution in [0.15, 0.2) is 132 Å². The number of carbonyl (C=O) groups is 2. The molecule has 5 aromatic rings. The topological polar surface area (TPSA) is 144 Å². The van der Waals surface area contributed by atoms with Gasteiger partial charge in [-0.05, 0) is 99.0 Å². The Morgan fingerprint density at radius 2 is 1.51 bits per heavy atom. The van der Waals surface area contributed by atoms with Crippen LogP contribution >= 0.6 is 0 Å². The first kappa shape index (κ1) is 45.8. The van der Waals surface area contributed by atoms with E-state index in [2.05, 4.69) is 21.9 Å². The van der Waals surface area contributed by atoms with E-state index >= 15 is 0 Å². The van der Waals surface area contributed by atoms with Crippen LogP contribution in [0, 0.1) is 12.8 Å². The summed E-state index contributed by atoms with van der Waals surface area (Å²) in [7, 11) is -4.00. The van der Waals surface area contributed by atoms with Gasteiger partial charge in [0, 0.05) is 24.6 Å². The van der Waals surface area contributed by atoms with E-state index in [1.807, 2.05) is 131 Å². The number of esters is 1. The van der Waals surface area contributed by atoms with Crippen molar-refractivity contribution in [1.82, 2.24) is 14.9 Å². The maximum absolute atomic E-state index is 13.9. The molecule has 0 saturated carbocycles. The molecule has 6 atom stereocenters. The molecule has 0 bridgehead atoms. The number of amides is 1. The van der Waals surface area contributed by atoms with Crippen molar-refractivity contribution >= 4 is 21.9 Å². The Balaban J connectivity index is 1.09. The average molecular weight is 874 g/mol. The molecule has 7 rings (SSSR count). The van der Waals surface area contributed by atoms with Crippen molar-refractivity contribution in [3.63, 3.8) is 0 Å². The van der Waals surface area contributed by atoms with Gasteiger partial charge in [-0.3, -0.25) is 14.5 Å². The van der Waals surface area contributed by atoms with E-state index < -0.39 is 33.9 Å². The molecule has 0 aliphatic carbocycles. The lowest BCUT2D eigenvalue weighted by Crippen LogP contribution is -2.48. The van der Waals surface area contributed by atoms with E-state index in [1.54, 1.807) is 12.1 Å². The van der Waals surface area contributed by atoms with Crippen molar-refractivity contribution in [2.45, 2.75) is 108 Å². The predicted molar refractivity (Wildman–Crippen MR) is 243 cm³/mol. The van der Waals surface area contributed by atoms with E-state index in [0.29, 0.717) is 6.54 Å². The number of hydrogen-bond acceptors (Lipinski definition) is 9. The maximum Gasteiger partial charge on any atom is 0.323 e. The zero-order valence-corrected chi connectivity index (χ0v) is 37.5.